The minimum Gasteiger partial charge on any atom is -0.319 e. The lowest BCUT2D eigenvalue weighted by Crippen LogP contribution is -2.31. The molecule has 0 saturated carbocycles. The summed E-state index contributed by atoms with van der Waals surface area (Å²) in [6, 6.07) is 8.85. The first-order chi connectivity index (χ1) is 7.43. The molecule has 0 bridgehead atoms. The summed E-state index contributed by atoms with van der Waals surface area (Å²) in [5, 5.41) is 3.31. The molecule has 1 rings (SSSR count). The second kappa shape index (κ2) is 5.49. The van der Waals surface area contributed by atoms with Crippen molar-refractivity contribution in [2.24, 2.45) is 11.3 Å². The quantitative estimate of drug-likeness (QED) is 0.818. The van der Waals surface area contributed by atoms with Gasteiger partial charge in [-0.2, -0.15) is 0 Å². The fraction of sp³-hybridized carbons (Fsp3) is 0.600. The van der Waals surface area contributed by atoms with Gasteiger partial charge >= 0.3 is 0 Å². The van der Waals surface area contributed by atoms with Gasteiger partial charge < -0.3 is 5.32 Å². The molecule has 0 spiro atoms. The highest BCUT2D eigenvalue weighted by molar-refractivity contribution is 5.22. The Kier molecular flexibility index (Phi) is 4.55. The molecule has 16 heavy (non-hydrogen) atoms. The smallest absolute Gasteiger partial charge is 0.00153 e. The van der Waals surface area contributed by atoms with Crippen LogP contribution in [0.15, 0.2) is 24.3 Å². The first-order valence-corrected chi connectivity index (χ1v) is 6.13. The SMILES string of the molecule is CNCC(Cc1cccc(C)c1)C(C)(C)C. The van der Waals surface area contributed by atoms with E-state index in [9.17, 15) is 0 Å². The average molecular weight is 219 g/mol. The zero-order valence-corrected chi connectivity index (χ0v) is 11.3. The summed E-state index contributed by atoms with van der Waals surface area (Å²) in [6.07, 6.45) is 1.16. The molecule has 1 aromatic carbocycles. The molecule has 1 atom stereocenters. The van der Waals surface area contributed by atoms with Crippen molar-refractivity contribution in [3.63, 3.8) is 0 Å². The summed E-state index contributed by atoms with van der Waals surface area (Å²) in [6.45, 7) is 10.2. The second-order valence-corrected chi connectivity index (χ2v) is 5.81. The summed E-state index contributed by atoms with van der Waals surface area (Å²) in [7, 11) is 2.04. The maximum atomic E-state index is 3.31. The van der Waals surface area contributed by atoms with Crippen LogP contribution in [0.4, 0.5) is 0 Å². The van der Waals surface area contributed by atoms with Crippen LogP contribution in [0.5, 0.6) is 0 Å². The highest BCUT2D eigenvalue weighted by atomic mass is 14.8. The molecule has 0 saturated heterocycles. The third-order valence-corrected chi connectivity index (χ3v) is 3.24. The Hall–Kier alpha value is -0.820. The van der Waals surface area contributed by atoms with Crippen molar-refractivity contribution < 1.29 is 0 Å². The predicted molar refractivity (Wildman–Crippen MR) is 71.8 cm³/mol. The number of aryl methyl sites for hydroxylation is 1. The van der Waals surface area contributed by atoms with E-state index in [2.05, 4.69) is 57.3 Å². The van der Waals surface area contributed by atoms with Gasteiger partial charge in [0.2, 0.25) is 0 Å². The van der Waals surface area contributed by atoms with Gasteiger partial charge in [0.1, 0.15) is 0 Å². The molecule has 90 valence electrons. The standard InChI is InChI=1S/C15H25N/c1-12-7-6-8-13(9-12)10-14(11-16-5)15(2,3)4/h6-9,14,16H,10-11H2,1-5H3. The van der Waals surface area contributed by atoms with Crippen LogP contribution in [-0.4, -0.2) is 13.6 Å². The Balaban J connectivity index is 2.76. The van der Waals surface area contributed by atoms with Crippen molar-refractivity contribution in [2.45, 2.75) is 34.1 Å². The van der Waals surface area contributed by atoms with Crippen LogP contribution in [0.3, 0.4) is 0 Å². The van der Waals surface area contributed by atoms with E-state index in [0.717, 1.165) is 13.0 Å². The van der Waals surface area contributed by atoms with E-state index < -0.39 is 0 Å². The van der Waals surface area contributed by atoms with Gasteiger partial charge in [-0.25, -0.2) is 0 Å². The predicted octanol–water partition coefficient (Wildman–Crippen LogP) is 3.42. The minimum atomic E-state index is 0.354. The topological polar surface area (TPSA) is 12.0 Å². The van der Waals surface area contributed by atoms with E-state index in [1.807, 2.05) is 7.05 Å². The van der Waals surface area contributed by atoms with Gasteiger partial charge in [0.15, 0.2) is 0 Å². The van der Waals surface area contributed by atoms with Crippen LogP contribution in [-0.2, 0) is 6.42 Å². The molecule has 0 radical (unpaired) electrons. The molecule has 0 heterocycles. The molecule has 0 aliphatic heterocycles. The number of nitrogens with one attached hydrogen (secondary N) is 1. The Morgan fingerprint density at radius 1 is 1.25 bits per heavy atom. The first-order valence-electron chi connectivity index (χ1n) is 6.13. The van der Waals surface area contributed by atoms with Crippen molar-refractivity contribution >= 4 is 0 Å². The molecule has 1 nitrogen and oxygen atoms in total. The van der Waals surface area contributed by atoms with Gasteiger partial charge in [-0.3, -0.25) is 0 Å². The second-order valence-electron chi connectivity index (χ2n) is 5.81. The van der Waals surface area contributed by atoms with Crippen LogP contribution in [0.25, 0.3) is 0 Å². The van der Waals surface area contributed by atoms with Crippen molar-refractivity contribution in [3.05, 3.63) is 35.4 Å². The van der Waals surface area contributed by atoms with E-state index >= 15 is 0 Å². The van der Waals surface area contributed by atoms with Crippen LogP contribution in [0.2, 0.25) is 0 Å². The summed E-state index contributed by atoms with van der Waals surface area (Å²) in [5.74, 6) is 0.680. The monoisotopic (exact) mass is 219 g/mol. The first kappa shape index (κ1) is 13.2. The Morgan fingerprint density at radius 2 is 1.94 bits per heavy atom. The summed E-state index contributed by atoms with van der Waals surface area (Å²) >= 11 is 0. The van der Waals surface area contributed by atoms with E-state index in [-0.39, 0.29) is 0 Å². The van der Waals surface area contributed by atoms with Crippen molar-refractivity contribution in [1.29, 1.82) is 0 Å². The van der Waals surface area contributed by atoms with Gasteiger partial charge in [-0.05, 0) is 43.8 Å². The van der Waals surface area contributed by atoms with Gasteiger partial charge in [-0.15, -0.1) is 0 Å². The summed E-state index contributed by atoms with van der Waals surface area (Å²) < 4.78 is 0. The van der Waals surface area contributed by atoms with Crippen LogP contribution < -0.4 is 5.32 Å². The zero-order valence-electron chi connectivity index (χ0n) is 11.3. The number of hydrogen-bond acceptors (Lipinski definition) is 1. The lowest BCUT2D eigenvalue weighted by molar-refractivity contribution is 0.235. The average Bonchev–Trinajstić information content (AvgIpc) is 2.16. The zero-order chi connectivity index (χ0) is 12.2. The molecular formula is C15H25N. The summed E-state index contributed by atoms with van der Waals surface area (Å²) in [4.78, 5) is 0. The maximum absolute atomic E-state index is 3.31. The normalized spacial score (nSPS) is 13.8. The number of rotatable bonds is 4. The molecule has 1 unspecified atom stereocenters. The molecular weight excluding hydrogens is 194 g/mol. The van der Waals surface area contributed by atoms with Gasteiger partial charge in [0, 0.05) is 0 Å². The highest BCUT2D eigenvalue weighted by Gasteiger charge is 2.23. The van der Waals surface area contributed by atoms with Gasteiger partial charge in [0.25, 0.3) is 0 Å². The maximum Gasteiger partial charge on any atom is -0.00153 e. The fourth-order valence-electron chi connectivity index (χ4n) is 2.05. The fourth-order valence-corrected chi connectivity index (χ4v) is 2.05. The van der Waals surface area contributed by atoms with E-state index in [4.69, 9.17) is 0 Å². The largest absolute Gasteiger partial charge is 0.319 e. The Morgan fingerprint density at radius 3 is 2.44 bits per heavy atom. The lowest BCUT2D eigenvalue weighted by atomic mass is 9.77. The highest BCUT2D eigenvalue weighted by Crippen LogP contribution is 2.28. The lowest BCUT2D eigenvalue weighted by Gasteiger charge is -2.31. The minimum absolute atomic E-state index is 0.354. The third kappa shape index (κ3) is 3.97. The van der Waals surface area contributed by atoms with Gasteiger partial charge in [0.05, 0.1) is 0 Å². The Bertz CT molecular complexity index is 322. The molecule has 1 heteroatoms. The number of benzene rings is 1. The van der Waals surface area contributed by atoms with E-state index in [0.29, 0.717) is 11.3 Å². The molecule has 1 N–H and O–H groups in total. The molecule has 0 fully saturated rings. The third-order valence-electron chi connectivity index (χ3n) is 3.24. The molecule has 0 aliphatic rings. The van der Waals surface area contributed by atoms with E-state index in [1.165, 1.54) is 11.1 Å². The van der Waals surface area contributed by atoms with E-state index in [1.54, 1.807) is 0 Å². The molecule has 0 amide bonds. The molecule has 0 aliphatic carbocycles. The van der Waals surface area contributed by atoms with Gasteiger partial charge in [-0.1, -0.05) is 50.6 Å². The summed E-state index contributed by atoms with van der Waals surface area (Å²) in [5.41, 5.74) is 3.16. The Labute approximate surface area is 100 Å². The van der Waals surface area contributed by atoms with Crippen LogP contribution >= 0.6 is 0 Å². The number of hydrogen-bond donors (Lipinski definition) is 1. The van der Waals surface area contributed by atoms with Crippen LogP contribution in [0.1, 0.15) is 31.9 Å². The van der Waals surface area contributed by atoms with Crippen molar-refractivity contribution in [3.8, 4) is 0 Å². The van der Waals surface area contributed by atoms with Crippen molar-refractivity contribution in [2.75, 3.05) is 13.6 Å². The van der Waals surface area contributed by atoms with Crippen LogP contribution in [0, 0.1) is 18.3 Å². The molecule has 1 aromatic rings. The van der Waals surface area contributed by atoms with Crippen molar-refractivity contribution in [1.82, 2.24) is 5.32 Å². The molecule has 0 aromatic heterocycles.